The standard InChI is InChI=1S/C28H25N7O3/c1-20-12-13-24(38-20)27-31-33-34(32-27)19-25(36)35(23-10-6-3-7-11-23)26(22-14-16-29-17-15-22)28(37)30-18-21-8-4-2-5-9-21/h2-17,26H,18-19H2,1H3,(H,30,37). The molecule has 190 valence electrons. The maximum Gasteiger partial charge on any atom is 0.251 e. The minimum Gasteiger partial charge on any atom is -0.458 e. The minimum atomic E-state index is -0.965. The van der Waals surface area contributed by atoms with Crippen molar-refractivity contribution < 1.29 is 14.0 Å². The predicted octanol–water partition coefficient (Wildman–Crippen LogP) is 3.73. The summed E-state index contributed by atoms with van der Waals surface area (Å²) in [5.74, 6) is 0.701. The zero-order valence-corrected chi connectivity index (χ0v) is 20.6. The molecule has 2 amide bonds. The monoisotopic (exact) mass is 507 g/mol. The van der Waals surface area contributed by atoms with Crippen molar-refractivity contribution in [1.82, 2.24) is 30.5 Å². The fourth-order valence-electron chi connectivity index (χ4n) is 4.03. The molecular formula is C28H25N7O3. The van der Waals surface area contributed by atoms with Crippen molar-refractivity contribution in [3.05, 3.63) is 114 Å². The van der Waals surface area contributed by atoms with Gasteiger partial charge in [0.05, 0.1) is 0 Å². The molecule has 0 bridgehead atoms. The van der Waals surface area contributed by atoms with Gasteiger partial charge >= 0.3 is 0 Å². The van der Waals surface area contributed by atoms with E-state index in [0.29, 0.717) is 29.3 Å². The van der Waals surface area contributed by atoms with Gasteiger partial charge in [-0.3, -0.25) is 19.5 Å². The fourth-order valence-corrected chi connectivity index (χ4v) is 4.03. The Bertz CT molecular complexity index is 1500. The summed E-state index contributed by atoms with van der Waals surface area (Å²) in [5.41, 5.74) is 2.11. The maximum absolute atomic E-state index is 13.8. The predicted molar refractivity (Wildman–Crippen MR) is 139 cm³/mol. The van der Waals surface area contributed by atoms with Crippen LogP contribution in [0.1, 0.15) is 22.9 Å². The summed E-state index contributed by atoms with van der Waals surface area (Å²) >= 11 is 0. The van der Waals surface area contributed by atoms with Gasteiger partial charge < -0.3 is 9.73 Å². The number of para-hydroxylation sites is 1. The Morgan fingerprint density at radius 1 is 0.947 bits per heavy atom. The number of hydrogen-bond acceptors (Lipinski definition) is 7. The van der Waals surface area contributed by atoms with E-state index < -0.39 is 11.9 Å². The first-order valence-electron chi connectivity index (χ1n) is 12.0. The summed E-state index contributed by atoms with van der Waals surface area (Å²) in [6.45, 7) is 1.89. The molecule has 10 heteroatoms. The number of hydrogen-bond donors (Lipinski definition) is 1. The van der Waals surface area contributed by atoms with Crippen molar-refractivity contribution in [3.63, 3.8) is 0 Å². The molecule has 0 aliphatic heterocycles. The third-order valence-corrected chi connectivity index (χ3v) is 5.83. The lowest BCUT2D eigenvalue weighted by molar-refractivity contribution is -0.127. The van der Waals surface area contributed by atoms with Gasteiger partial charge in [-0.05, 0) is 59.7 Å². The quantitative estimate of drug-likeness (QED) is 0.323. The van der Waals surface area contributed by atoms with Gasteiger partial charge in [0.2, 0.25) is 11.7 Å². The number of anilines is 1. The van der Waals surface area contributed by atoms with E-state index >= 15 is 0 Å². The number of benzene rings is 2. The van der Waals surface area contributed by atoms with E-state index in [1.807, 2.05) is 55.5 Å². The zero-order chi connectivity index (χ0) is 26.3. The molecule has 0 radical (unpaired) electrons. The van der Waals surface area contributed by atoms with Crippen LogP contribution in [0.25, 0.3) is 11.6 Å². The van der Waals surface area contributed by atoms with Crippen molar-refractivity contribution in [2.24, 2.45) is 0 Å². The molecule has 5 aromatic rings. The first-order chi connectivity index (χ1) is 18.6. The van der Waals surface area contributed by atoms with E-state index in [9.17, 15) is 9.59 Å². The largest absolute Gasteiger partial charge is 0.458 e. The molecule has 38 heavy (non-hydrogen) atoms. The molecule has 5 rings (SSSR count). The molecule has 10 nitrogen and oxygen atoms in total. The van der Waals surface area contributed by atoms with Crippen LogP contribution in [0.4, 0.5) is 5.69 Å². The molecule has 0 saturated heterocycles. The van der Waals surface area contributed by atoms with Crippen LogP contribution in [0, 0.1) is 6.92 Å². The van der Waals surface area contributed by atoms with E-state index in [-0.39, 0.29) is 18.3 Å². The first-order valence-corrected chi connectivity index (χ1v) is 12.0. The molecule has 0 aliphatic carbocycles. The second kappa shape index (κ2) is 11.3. The van der Waals surface area contributed by atoms with E-state index in [1.165, 1.54) is 9.70 Å². The summed E-state index contributed by atoms with van der Waals surface area (Å²) in [4.78, 5) is 34.3. The molecule has 0 spiro atoms. The van der Waals surface area contributed by atoms with Crippen LogP contribution in [0.5, 0.6) is 0 Å². The molecular weight excluding hydrogens is 482 g/mol. The zero-order valence-electron chi connectivity index (χ0n) is 20.6. The van der Waals surface area contributed by atoms with Gasteiger partial charge in [-0.2, -0.15) is 4.80 Å². The first kappa shape index (κ1) is 24.6. The van der Waals surface area contributed by atoms with Gasteiger partial charge in [0.1, 0.15) is 18.3 Å². The normalized spacial score (nSPS) is 11.6. The van der Waals surface area contributed by atoms with Gasteiger partial charge in [0.25, 0.3) is 5.91 Å². The maximum atomic E-state index is 13.8. The van der Waals surface area contributed by atoms with Gasteiger partial charge in [0.15, 0.2) is 5.76 Å². The number of furan rings is 1. The van der Waals surface area contributed by atoms with Gasteiger partial charge in [0, 0.05) is 24.6 Å². The highest BCUT2D eigenvalue weighted by atomic mass is 16.3. The Morgan fingerprint density at radius 2 is 1.66 bits per heavy atom. The molecule has 1 N–H and O–H groups in total. The Labute approximate surface area is 218 Å². The third kappa shape index (κ3) is 5.65. The summed E-state index contributed by atoms with van der Waals surface area (Å²) < 4.78 is 5.56. The summed E-state index contributed by atoms with van der Waals surface area (Å²) in [6.07, 6.45) is 3.19. The number of amides is 2. The second-order valence-electron chi connectivity index (χ2n) is 8.54. The van der Waals surface area contributed by atoms with Gasteiger partial charge in [-0.25, -0.2) is 0 Å². The number of carbonyl (C=O) groups excluding carboxylic acids is 2. The Kier molecular flexibility index (Phi) is 7.30. The summed E-state index contributed by atoms with van der Waals surface area (Å²) in [7, 11) is 0. The third-order valence-electron chi connectivity index (χ3n) is 5.83. The average Bonchev–Trinajstić information content (AvgIpc) is 3.60. The average molecular weight is 508 g/mol. The van der Waals surface area contributed by atoms with E-state index in [1.54, 1.807) is 48.8 Å². The number of aromatic nitrogens is 5. The number of pyridine rings is 1. The molecule has 1 unspecified atom stereocenters. The SMILES string of the molecule is Cc1ccc(-c2nnn(CC(=O)N(c3ccccc3)C(C(=O)NCc3ccccc3)c3ccncc3)n2)o1. The molecule has 2 aromatic carbocycles. The number of nitrogens with zero attached hydrogens (tertiary/aromatic N) is 6. The smallest absolute Gasteiger partial charge is 0.251 e. The molecule has 0 saturated carbocycles. The lowest BCUT2D eigenvalue weighted by Crippen LogP contribution is -2.45. The van der Waals surface area contributed by atoms with E-state index in [4.69, 9.17) is 4.42 Å². The van der Waals surface area contributed by atoms with Crippen LogP contribution >= 0.6 is 0 Å². The number of carbonyl (C=O) groups is 2. The van der Waals surface area contributed by atoms with Crippen LogP contribution in [0.2, 0.25) is 0 Å². The second-order valence-corrected chi connectivity index (χ2v) is 8.54. The highest BCUT2D eigenvalue weighted by molar-refractivity contribution is 6.01. The van der Waals surface area contributed by atoms with Crippen molar-refractivity contribution in [2.75, 3.05) is 4.90 Å². The molecule has 0 fully saturated rings. The Morgan fingerprint density at radius 3 is 2.34 bits per heavy atom. The molecule has 1 atom stereocenters. The highest BCUT2D eigenvalue weighted by Gasteiger charge is 2.33. The van der Waals surface area contributed by atoms with Crippen LogP contribution in [-0.4, -0.2) is 37.0 Å². The van der Waals surface area contributed by atoms with Crippen LogP contribution < -0.4 is 10.2 Å². The number of rotatable bonds is 9. The lowest BCUT2D eigenvalue weighted by Gasteiger charge is -2.31. The number of aryl methyl sites for hydroxylation is 1. The number of tetrazole rings is 1. The summed E-state index contributed by atoms with van der Waals surface area (Å²) in [5, 5.41) is 15.3. The van der Waals surface area contributed by atoms with Crippen LogP contribution in [-0.2, 0) is 22.7 Å². The van der Waals surface area contributed by atoms with Crippen molar-refractivity contribution in [1.29, 1.82) is 0 Å². The number of nitrogens with one attached hydrogen (secondary N) is 1. The molecule has 3 heterocycles. The molecule has 3 aromatic heterocycles. The molecule has 0 aliphatic rings. The van der Waals surface area contributed by atoms with Crippen molar-refractivity contribution in [3.8, 4) is 11.6 Å². The highest BCUT2D eigenvalue weighted by Crippen LogP contribution is 2.28. The van der Waals surface area contributed by atoms with Crippen molar-refractivity contribution >= 4 is 17.5 Å². The summed E-state index contributed by atoms with van der Waals surface area (Å²) in [6, 6.07) is 24.6. The van der Waals surface area contributed by atoms with E-state index in [2.05, 4.69) is 25.7 Å². The van der Waals surface area contributed by atoms with Gasteiger partial charge in [-0.1, -0.05) is 48.5 Å². The minimum absolute atomic E-state index is 0.241. The van der Waals surface area contributed by atoms with Crippen LogP contribution in [0.3, 0.4) is 0 Å². The lowest BCUT2D eigenvalue weighted by atomic mass is 10.0. The van der Waals surface area contributed by atoms with E-state index in [0.717, 1.165) is 5.56 Å². The van der Waals surface area contributed by atoms with Crippen LogP contribution in [0.15, 0.2) is 102 Å². The fraction of sp³-hybridized carbons (Fsp3) is 0.143. The van der Waals surface area contributed by atoms with Crippen molar-refractivity contribution in [2.45, 2.75) is 26.1 Å². The topological polar surface area (TPSA) is 119 Å². The van der Waals surface area contributed by atoms with Gasteiger partial charge in [-0.15, -0.1) is 10.2 Å². The Hall–Kier alpha value is -5.12. The Balaban J connectivity index is 1.46.